The van der Waals surface area contributed by atoms with Crippen LogP contribution in [0.4, 0.5) is 5.69 Å². The summed E-state index contributed by atoms with van der Waals surface area (Å²) in [6, 6.07) is 8.23. The Balaban J connectivity index is 2.45. The Bertz CT molecular complexity index is 382. The van der Waals surface area contributed by atoms with Gasteiger partial charge in [-0.25, -0.2) is 0 Å². The second-order valence-electron chi connectivity index (χ2n) is 4.91. The molecule has 0 unspecified atom stereocenters. The van der Waals surface area contributed by atoms with Gasteiger partial charge in [0.1, 0.15) is 5.84 Å². The average Bonchev–Trinajstić information content (AvgIpc) is 2.30. The minimum Gasteiger partial charge on any atom is -0.409 e. The van der Waals surface area contributed by atoms with Crippen molar-refractivity contribution in [3.05, 3.63) is 29.8 Å². The number of hydrogen-bond acceptors (Lipinski definition) is 3. The molecule has 0 aliphatic heterocycles. The van der Waals surface area contributed by atoms with Gasteiger partial charge < -0.3 is 16.3 Å². The predicted molar refractivity (Wildman–Crippen MR) is 71.5 cm³/mol. The van der Waals surface area contributed by atoms with E-state index in [0.717, 1.165) is 18.7 Å². The number of rotatable bonds is 5. The van der Waals surface area contributed by atoms with Crippen LogP contribution in [-0.4, -0.2) is 17.6 Å². The van der Waals surface area contributed by atoms with Crippen LogP contribution in [0.3, 0.4) is 0 Å². The summed E-state index contributed by atoms with van der Waals surface area (Å²) in [6.45, 7) is 6.76. The largest absolute Gasteiger partial charge is 0.409 e. The van der Waals surface area contributed by atoms with E-state index in [9.17, 15) is 0 Å². The van der Waals surface area contributed by atoms with Gasteiger partial charge in [-0.2, -0.15) is 0 Å². The minimum atomic E-state index is -0.299. The lowest BCUT2D eigenvalue weighted by molar-refractivity contribution is 0.306. The van der Waals surface area contributed by atoms with Crippen molar-refractivity contribution in [1.29, 1.82) is 0 Å². The maximum Gasteiger partial charge on any atom is 0.144 e. The Morgan fingerprint density at radius 2 is 1.94 bits per heavy atom. The van der Waals surface area contributed by atoms with Crippen molar-refractivity contribution in [2.45, 2.75) is 27.2 Å². The van der Waals surface area contributed by atoms with Crippen LogP contribution in [0.15, 0.2) is 29.4 Å². The van der Waals surface area contributed by atoms with Crippen LogP contribution < -0.4 is 11.1 Å². The zero-order valence-corrected chi connectivity index (χ0v) is 10.7. The van der Waals surface area contributed by atoms with Crippen molar-refractivity contribution in [2.75, 3.05) is 11.9 Å². The lowest BCUT2D eigenvalue weighted by Crippen LogP contribution is -2.33. The number of oxime groups is 1. The molecule has 4 nitrogen and oxygen atoms in total. The minimum absolute atomic E-state index is 0.267. The molecule has 1 aromatic carbocycles. The van der Waals surface area contributed by atoms with E-state index < -0.39 is 0 Å². The number of hydrogen-bond donors (Lipinski definition) is 3. The number of benzene rings is 1. The molecule has 0 saturated carbocycles. The van der Waals surface area contributed by atoms with Crippen LogP contribution in [-0.2, 0) is 0 Å². The molecule has 0 spiro atoms. The molecule has 1 aromatic rings. The van der Waals surface area contributed by atoms with Crippen LogP contribution in [0.1, 0.15) is 25.8 Å². The maximum atomic E-state index is 8.66. The summed E-state index contributed by atoms with van der Waals surface area (Å²) in [5.74, 6) is 0.267. The Kier molecular flexibility index (Phi) is 4.37. The lowest BCUT2D eigenvalue weighted by Gasteiger charge is -2.23. The number of nitrogens with two attached hydrogens (primary N) is 1. The summed E-state index contributed by atoms with van der Waals surface area (Å²) in [7, 11) is 0. The second kappa shape index (κ2) is 5.57. The first-order chi connectivity index (χ1) is 7.95. The van der Waals surface area contributed by atoms with Gasteiger partial charge in [-0.05, 0) is 25.5 Å². The van der Waals surface area contributed by atoms with Crippen LogP contribution in [0, 0.1) is 12.3 Å². The van der Waals surface area contributed by atoms with E-state index in [4.69, 9.17) is 10.9 Å². The highest BCUT2D eigenvalue weighted by atomic mass is 16.4. The molecule has 0 bridgehead atoms. The van der Waals surface area contributed by atoms with Crippen molar-refractivity contribution in [3.8, 4) is 0 Å². The molecule has 0 fully saturated rings. The normalized spacial score (nSPS) is 12.5. The third-order valence-electron chi connectivity index (χ3n) is 2.93. The fourth-order valence-electron chi connectivity index (χ4n) is 1.45. The van der Waals surface area contributed by atoms with Gasteiger partial charge in [0.15, 0.2) is 0 Å². The van der Waals surface area contributed by atoms with E-state index >= 15 is 0 Å². The Hall–Kier alpha value is -1.71. The molecular formula is C13H21N3O. The number of nitrogens with zero attached hydrogens (tertiary/aromatic N) is 1. The van der Waals surface area contributed by atoms with Gasteiger partial charge in [0, 0.05) is 17.6 Å². The third kappa shape index (κ3) is 3.98. The van der Waals surface area contributed by atoms with Crippen LogP contribution in [0.2, 0.25) is 0 Å². The molecule has 0 radical (unpaired) electrons. The Morgan fingerprint density at radius 1 is 1.35 bits per heavy atom. The number of amidine groups is 1. The highest BCUT2D eigenvalue weighted by Gasteiger charge is 2.22. The Labute approximate surface area is 103 Å². The summed E-state index contributed by atoms with van der Waals surface area (Å²) < 4.78 is 0. The van der Waals surface area contributed by atoms with Gasteiger partial charge in [-0.1, -0.05) is 36.7 Å². The first-order valence-corrected chi connectivity index (χ1v) is 5.74. The van der Waals surface area contributed by atoms with Crippen molar-refractivity contribution in [1.82, 2.24) is 0 Å². The van der Waals surface area contributed by atoms with Gasteiger partial charge in [-0.3, -0.25) is 0 Å². The summed E-state index contributed by atoms with van der Waals surface area (Å²) in [6.07, 6.45) is 0.802. The highest BCUT2D eigenvalue weighted by Crippen LogP contribution is 2.20. The molecule has 0 aliphatic rings. The summed E-state index contributed by atoms with van der Waals surface area (Å²) in [5.41, 5.74) is 7.66. The molecule has 0 aliphatic carbocycles. The summed E-state index contributed by atoms with van der Waals surface area (Å²) >= 11 is 0. The van der Waals surface area contributed by atoms with Crippen molar-refractivity contribution in [2.24, 2.45) is 16.3 Å². The van der Waals surface area contributed by atoms with Crippen LogP contribution in [0.25, 0.3) is 0 Å². The van der Waals surface area contributed by atoms with E-state index in [2.05, 4.69) is 29.5 Å². The van der Waals surface area contributed by atoms with E-state index in [1.165, 1.54) is 5.56 Å². The topological polar surface area (TPSA) is 70.6 Å². The molecule has 17 heavy (non-hydrogen) atoms. The zero-order chi connectivity index (χ0) is 12.9. The monoisotopic (exact) mass is 235 g/mol. The second-order valence-corrected chi connectivity index (χ2v) is 4.91. The number of nitrogens with one attached hydrogen (secondary N) is 1. The molecular weight excluding hydrogens is 214 g/mol. The number of aryl methyl sites for hydroxylation is 1. The van der Waals surface area contributed by atoms with Crippen LogP contribution >= 0.6 is 0 Å². The van der Waals surface area contributed by atoms with Crippen molar-refractivity contribution < 1.29 is 5.21 Å². The molecule has 0 aromatic heterocycles. The molecule has 0 amide bonds. The van der Waals surface area contributed by atoms with Gasteiger partial charge in [-0.15, -0.1) is 0 Å². The van der Waals surface area contributed by atoms with Gasteiger partial charge in [0.2, 0.25) is 0 Å². The van der Waals surface area contributed by atoms with E-state index in [-0.39, 0.29) is 11.3 Å². The van der Waals surface area contributed by atoms with Crippen molar-refractivity contribution >= 4 is 11.5 Å². The Morgan fingerprint density at radius 3 is 2.47 bits per heavy atom. The molecule has 1 rings (SSSR count). The standard InChI is InChI=1S/C13H21N3O/c1-10-4-6-11(7-5-10)15-9-8-13(2,3)12(14)16-17/h4-7,15,17H,8-9H2,1-3H3,(H2,14,16). The first-order valence-electron chi connectivity index (χ1n) is 5.74. The smallest absolute Gasteiger partial charge is 0.144 e. The van der Waals surface area contributed by atoms with E-state index in [0.29, 0.717) is 0 Å². The summed E-state index contributed by atoms with van der Waals surface area (Å²) in [5, 5.41) is 15.0. The quantitative estimate of drug-likeness (QED) is 0.318. The van der Waals surface area contributed by atoms with E-state index in [1.807, 2.05) is 26.0 Å². The predicted octanol–water partition coefficient (Wildman–Crippen LogP) is 2.57. The fourth-order valence-corrected chi connectivity index (χ4v) is 1.45. The van der Waals surface area contributed by atoms with Gasteiger partial charge in [0.25, 0.3) is 0 Å². The molecule has 0 heterocycles. The third-order valence-corrected chi connectivity index (χ3v) is 2.93. The first kappa shape index (κ1) is 13.4. The van der Waals surface area contributed by atoms with Gasteiger partial charge in [0.05, 0.1) is 0 Å². The molecule has 94 valence electrons. The highest BCUT2D eigenvalue weighted by molar-refractivity contribution is 5.85. The zero-order valence-electron chi connectivity index (χ0n) is 10.7. The van der Waals surface area contributed by atoms with Crippen LogP contribution in [0.5, 0.6) is 0 Å². The van der Waals surface area contributed by atoms with E-state index in [1.54, 1.807) is 0 Å². The molecule has 0 atom stereocenters. The lowest BCUT2D eigenvalue weighted by atomic mass is 9.88. The fraction of sp³-hybridized carbons (Fsp3) is 0.462. The number of anilines is 1. The average molecular weight is 235 g/mol. The SMILES string of the molecule is Cc1ccc(NCCC(C)(C)C(N)=NO)cc1. The summed E-state index contributed by atoms with van der Waals surface area (Å²) in [4.78, 5) is 0. The molecule has 4 N–H and O–H groups in total. The van der Waals surface area contributed by atoms with Crippen molar-refractivity contribution in [3.63, 3.8) is 0 Å². The molecule has 0 saturated heterocycles. The maximum absolute atomic E-state index is 8.66. The van der Waals surface area contributed by atoms with Gasteiger partial charge >= 0.3 is 0 Å². The molecule has 4 heteroatoms.